The third kappa shape index (κ3) is 7.57. The zero-order chi connectivity index (χ0) is 31.1. The van der Waals surface area contributed by atoms with Gasteiger partial charge in [-0.2, -0.15) is 0 Å². The first-order valence-corrected chi connectivity index (χ1v) is 14.3. The summed E-state index contributed by atoms with van der Waals surface area (Å²) >= 11 is 0. The maximum absolute atomic E-state index is 13.0. The smallest absolute Gasteiger partial charge is 0.343 e. The van der Waals surface area contributed by atoms with Gasteiger partial charge in [0.15, 0.2) is 0 Å². The van der Waals surface area contributed by atoms with Crippen LogP contribution in [-0.4, -0.2) is 22.9 Å². The molecular formula is C37H32N2O5. The fraction of sp³-hybridized carbons (Fsp3) is 0.108. The van der Waals surface area contributed by atoms with E-state index < -0.39 is 5.97 Å². The molecule has 220 valence electrons. The predicted molar refractivity (Wildman–Crippen MR) is 171 cm³/mol. The largest absolute Gasteiger partial charge is 0.508 e. The molecule has 7 heteroatoms. The Labute approximate surface area is 256 Å². The van der Waals surface area contributed by atoms with Gasteiger partial charge in [-0.3, -0.25) is 9.59 Å². The summed E-state index contributed by atoms with van der Waals surface area (Å²) in [6.07, 6.45) is 0. The van der Waals surface area contributed by atoms with Crippen LogP contribution in [0.2, 0.25) is 0 Å². The summed E-state index contributed by atoms with van der Waals surface area (Å²) in [5.41, 5.74) is 5.38. The second-order valence-electron chi connectivity index (χ2n) is 10.7. The van der Waals surface area contributed by atoms with Crippen molar-refractivity contribution in [1.29, 1.82) is 0 Å². The van der Waals surface area contributed by atoms with Crippen molar-refractivity contribution in [3.05, 3.63) is 149 Å². The van der Waals surface area contributed by atoms with Crippen molar-refractivity contribution in [3.8, 4) is 22.6 Å². The van der Waals surface area contributed by atoms with E-state index in [0.717, 1.165) is 22.3 Å². The summed E-state index contributed by atoms with van der Waals surface area (Å²) in [7, 11) is 0. The van der Waals surface area contributed by atoms with Gasteiger partial charge in [0, 0.05) is 23.4 Å². The van der Waals surface area contributed by atoms with Gasteiger partial charge in [0.05, 0.1) is 5.56 Å². The molecule has 0 aromatic heterocycles. The van der Waals surface area contributed by atoms with Crippen LogP contribution in [-0.2, 0) is 6.54 Å². The van der Waals surface area contributed by atoms with Crippen molar-refractivity contribution in [3.63, 3.8) is 0 Å². The Hall–Kier alpha value is -5.69. The average Bonchev–Trinajstić information content (AvgIpc) is 3.04. The minimum Gasteiger partial charge on any atom is -0.508 e. The topological polar surface area (TPSA) is 105 Å². The minimum absolute atomic E-state index is 0.198. The number of phenolic OH excluding ortho intramolecular Hbond substituents is 1. The van der Waals surface area contributed by atoms with Gasteiger partial charge in [0.1, 0.15) is 11.5 Å². The summed E-state index contributed by atoms with van der Waals surface area (Å²) in [6.45, 7) is 4.40. The number of ether oxygens (including phenoxy) is 1. The molecule has 0 aliphatic carbocycles. The van der Waals surface area contributed by atoms with Crippen molar-refractivity contribution in [1.82, 2.24) is 5.32 Å². The molecule has 0 atom stereocenters. The normalized spacial score (nSPS) is 10.7. The number of esters is 1. The van der Waals surface area contributed by atoms with Crippen molar-refractivity contribution in [2.24, 2.45) is 0 Å². The van der Waals surface area contributed by atoms with Gasteiger partial charge in [0.25, 0.3) is 11.8 Å². The van der Waals surface area contributed by atoms with Crippen LogP contribution in [0.4, 0.5) is 5.69 Å². The third-order valence-corrected chi connectivity index (χ3v) is 7.08. The number of aromatic hydroxyl groups is 1. The molecule has 7 nitrogen and oxygen atoms in total. The highest BCUT2D eigenvalue weighted by molar-refractivity contribution is 6.05. The molecular weight excluding hydrogens is 552 g/mol. The lowest BCUT2D eigenvalue weighted by Crippen LogP contribution is -2.22. The molecule has 0 aliphatic heterocycles. The van der Waals surface area contributed by atoms with Gasteiger partial charge < -0.3 is 20.5 Å². The van der Waals surface area contributed by atoms with E-state index in [1.54, 1.807) is 66.7 Å². The molecule has 5 aromatic carbocycles. The molecule has 0 spiro atoms. The number of rotatable bonds is 9. The first-order valence-electron chi connectivity index (χ1n) is 14.3. The SMILES string of the molecule is CC(C)c1cccc(OC(=O)c2cccc(C(=O)Nc3cccc(CNC(=O)c4ccc(-c5ccc(O)cc5)cc4)c3)c2)c1. The van der Waals surface area contributed by atoms with Gasteiger partial charge in [0.2, 0.25) is 0 Å². The number of phenols is 1. The standard InChI is InChI=1S/C37H32N2O5/c1-24(2)29-7-5-11-34(22-29)44-37(43)31-9-4-8-30(21-31)36(42)39-32-10-3-6-25(20-32)23-38-35(41)28-14-12-26(13-15-28)27-16-18-33(40)19-17-27/h3-22,24,40H,23H2,1-2H3,(H,38,41)(H,39,42). The molecule has 5 aromatic rings. The van der Waals surface area contributed by atoms with Crippen LogP contribution >= 0.6 is 0 Å². The molecule has 2 amide bonds. The number of hydrogen-bond donors (Lipinski definition) is 3. The first-order chi connectivity index (χ1) is 21.2. The van der Waals surface area contributed by atoms with Gasteiger partial charge in [-0.15, -0.1) is 0 Å². The van der Waals surface area contributed by atoms with Crippen LogP contribution in [0.3, 0.4) is 0 Å². The van der Waals surface area contributed by atoms with E-state index in [9.17, 15) is 19.5 Å². The molecule has 0 bridgehead atoms. The molecule has 5 rings (SSSR count). The summed E-state index contributed by atoms with van der Waals surface area (Å²) in [5.74, 6) is -0.206. The average molecular weight is 585 g/mol. The third-order valence-electron chi connectivity index (χ3n) is 7.08. The highest BCUT2D eigenvalue weighted by atomic mass is 16.5. The molecule has 0 aliphatic rings. The Bertz CT molecular complexity index is 1790. The minimum atomic E-state index is -0.548. The first kappa shape index (κ1) is 29.8. The van der Waals surface area contributed by atoms with Crippen molar-refractivity contribution >= 4 is 23.5 Å². The Morgan fingerprint density at radius 1 is 0.682 bits per heavy atom. The molecule has 0 radical (unpaired) electrons. The van der Waals surface area contributed by atoms with E-state index in [-0.39, 0.29) is 29.7 Å². The van der Waals surface area contributed by atoms with Gasteiger partial charge >= 0.3 is 5.97 Å². The lowest BCUT2D eigenvalue weighted by Gasteiger charge is -2.11. The molecule has 3 N–H and O–H groups in total. The lowest BCUT2D eigenvalue weighted by atomic mass is 10.0. The van der Waals surface area contributed by atoms with Crippen molar-refractivity contribution in [2.45, 2.75) is 26.3 Å². The number of carbonyl (C=O) groups excluding carboxylic acids is 3. The molecule has 0 heterocycles. The molecule has 0 unspecified atom stereocenters. The zero-order valence-electron chi connectivity index (χ0n) is 24.4. The van der Waals surface area contributed by atoms with E-state index in [1.165, 1.54) is 6.07 Å². The lowest BCUT2D eigenvalue weighted by molar-refractivity contribution is 0.0734. The quantitative estimate of drug-likeness (QED) is 0.122. The number of benzene rings is 5. The summed E-state index contributed by atoms with van der Waals surface area (Å²) < 4.78 is 5.55. The molecule has 0 fully saturated rings. The fourth-order valence-corrected chi connectivity index (χ4v) is 4.61. The fourth-order valence-electron chi connectivity index (χ4n) is 4.61. The van der Waals surface area contributed by atoms with E-state index in [0.29, 0.717) is 28.5 Å². The van der Waals surface area contributed by atoms with E-state index in [4.69, 9.17) is 4.74 Å². The second-order valence-corrected chi connectivity index (χ2v) is 10.7. The number of carbonyl (C=O) groups is 3. The highest BCUT2D eigenvalue weighted by Crippen LogP contribution is 2.23. The Kier molecular flexibility index (Phi) is 9.16. The zero-order valence-corrected chi connectivity index (χ0v) is 24.4. The Morgan fingerprint density at radius 3 is 2.07 bits per heavy atom. The van der Waals surface area contributed by atoms with Crippen LogP contribution < -0.4 is 15.4 Å². The monoisotopic (exact) mass is 584 g/mol. The van der Waals surface area contributed by atoms with Gasteiger partial charge in [-0.25, -0.2) is 4.79 Å². The maximum Gasteiger partial charge on any atom is 0.343 e. The van der Waals surface area contributed by atoms with Crippen molar-refractivity contribution < 1.29 is 24.2 Å². The van der Waals surface area contributed by atoms with Crippen LogP contribution in [0.25, 0.3) is 11.1 Å². The number of anilines is 1. The summed E-state index contributed by atoms with van der Waals surface area (Å²) in [4.78, 5) is 38.6. The number of hydrogen-bond acceptors (Lipinski definition) is 5. The molecule has 0 saturated heterocycles. The van der Waals surface area contributed by atoms with Crippen LogP contribution in [0.15, 0.2) is 121 Å². The van der Waals surface area contributed by atoms with Crippen LogP contribution in [0.1, 0.15) is 62.0 Å². The predicted octanol–water partition coefficient (Wildman–Crippen LogP) is 7.58. The molecule has 0 saturated carbocycles. The van der Waals surface area contributed by atoms with E-state index >= 15 is 0 Å². The number of nitrogens with one attached hydrogen (secondary N) is 2. The Morgan fingerprint density at radius 2 is 1.34 bits per heavy atom. The van der Waals surface area contributed by atoms with Crippen molar-refractivity contribution in [2.75, 3.05) is 5.32 Å². The van der Waals surface area contributed by atoms with Crippen LogP contribution in [0.5, 0.6) is 11.5 Å². The summed E-state index contributed by atoms with van der Waals surface area (Å²) in [5, 5.41) is 15.3. The maximum atomic E-state index is 13.0. The van der Waals surface area contributed by atoms with Gasteiger partial charge in [-0.1, -0.05) is 68.4 Å². The second kappa shape index (κ2) is 13.5. The van der Waals surface area contributed by atoms with Crippen LogP contribution in [0, 0.1) is 0 Å². The highest BCUT2D eigenvalue weighted by Gasteiger charge is 2.14. The Balaban J connectivity index is 1.18. The molecule has 44 heavy (non-hydrogen) atoms. The number of amides is 2. The van der Waals surface area contributed by atoms with E-state index in [1.807, 2.05) is 48.5 Å². The van der Waals surface area contributed by atoms with E-state index in [2.05, 4.69) is 24.5 Å². The van der Waals surface area contributed by atoms with Gasteiger partial charge in [-0.05, 0) is 94.9 Å². The summed E-state index contributed by atoms with van der Waals surface area (Å²) in [6, 6.07) is 35.0.